The molecule has 0 bridgehead atoms. The van der Waals surface area contributed by atoms with Crippen molar-refractivity contribution in [1.82, 2.24) is 0 Å². The Kier molecular flexibility index (Phi) is 18.1. The number of rotatable bonds is 13. The van der Waals surface area contributed by atoms with E-state index in [1.54, 1.807) is 0 Å². The topological polar surface area (TPSA) is 63.6 Å². The predicted octanol–water partition coefficient (Wildman–Crippen LogP) is 6.61. The maximum absolute atomic E-state index is 10.4. The van der Waals surface area contributed by atoms with Crippen LogP contribution in [0.1, 0.15) is 112 Å². The average molecular weight is 373 g/mol. The van der Waals surface area contributed by atoms with E-state index in [1.165, 1.54) is 51.9 Å². The van der Waals surface area contributed by atoms with Gasteiger partial charge in [-0.1, -0.05) is 79.6 Å². The van der Waals surface area contributed by atoms with Crippen molar-refractivity contribution >= 4 is 11.9 Å². The molecule has 0 aromatic carbocycles. The number of hydrogen-bond acceptors (Lipinski definition) is 3. The Bertz CT molecular complexity index is 343. The minimum atomic E-state index is -0.671. The van der Waals surface area contributed by atoms with E-state index in [9.17, 15) is 9.59 Å². The van der Waals surface area contributed by atoms with Gasteiger partial charge in [0.25, 0.3) is 0 Å². The molecule has 0 spiro atoms. The number of ether oxygens (including phenoxy) is 1. The van der Waals surface area contributed by atoms with Crippen molar-refractivity contribution in [2.45, 2.75) is 112 Å². The Morgan fingerprint density at radius 2 is 1.42 bits per heavy atom. The van der Waals surface area contributed by atoms with E-state index in [4.69, 9.17) is 9.84 Å². The number of hydrogen-bond donors (Lipinski definition) is 1. The zero-order valence-electron chi connectivity index (χ0n) is 18.2. The molecule has 0 fully saturated rings. The Morgan fingerprint density at radius 1 is 0.885 bits per heavy atom. The van der Waals surface area contributed by atoms with Crippen LogP contribution in [0.4, 0.5) is 0 Å². The van der Waals surface area contributed by atoms with Crippen LogP contribution < -0.4 is 0 Å². The van der Waals surface area contributed by atoms with Crippen LogP contribution >= 0.6 is 0 Å². The summed E-state index contributed by atoms with van der Waals surface area (Å²) in [6.07, 6.45) is 11.9. The predicted molar refractivity (Wildman–Crippen MR) is 109 cm³/mol. The molecule has 0 unspecified atom stereocenters. The van der Waals surface area contributed by atoms with E-state index in [1.807, 2.05) is 0 Å². The Balaban J connectivity index is 0. The molecule has 0 saturated heterocycles. The van der Waals surface area contributed by atoms with Crippen molar-refractivity contribution in [1.29, 1.82) is 0 Å². The Labute approximate surface area is 162 Å². The third kappa shape index (κ3) is 30.8. The third-order valence-electron chi connectivity index (χ3n) is 4.05. The first-order valence-corrected chi connectivity index (χ1v) is 10.4. The quantitative estimate of drug-likeness (QED) is 0.292. The summed E-state index contributed by atoms with van der Waals surface area (Å²) in [6, 6.07) is 0. The summed E-state index contributed by atoms with van der Waals surface area (Å²) in [6.45, 7) is 13.3. The number of unbranched alkanes of at least 4 members (excludes halogenated alkanes) is 6. The van der Waals surface area contributed by atoms with E-state index in [2.05, 4.69) is 34.6 Å². The van der Waals surface area contributed by atoms with E-state index < -0.39 is 5.97 Å². The largest absolute Gasteiger partial charge is 0.481 e. The maximum atomic E-state index is 10.4. The average Bonchev–Trinajstić information content (AvgIpc) is 2.48. The van der Waals surface area contributed by atoms with Crippen LogP contribution in [0.15, 0.2) is 0 Å². The van der Waals surface area contributed by atoms with Gasteiger partial charge in [-0.3, -0.25) is 9.59 Å². The fourth-order valence-corrected chi connectivity index (χ4v) is 2.51. The van der Waals surface area contributed by atoms with Gasteiger partial charge in [0.1, 0.15) is 0 Å². The van der Waals surface area contributed by atoms with E-state index in [-0.39, 0.29) is 5.97 Å². The van der Waals surface area contributed by atoms with Crippen LogP contribution in [0.2, 0.25) is 0 Å². The molecular formula is C22H44O4. The van der Waals surface area contributed by atoms with Gasteiger partial charge in [-0.25, -0.2) is 0 Å². The normalized spacial score (nSPS) is 11.0. The van der Waals surface area contributed by atoms with Crippen molar-refractivity contribution in [3.63, 3.8) is 0 Å². The van der Waals surface area contributed by atoms with Crippen molar-refractivity contribution in [3.8, 4) is 0 Å². The summed E-state index contributed by atoms with van der Waals surface area (Å²) >= 11 is 0. The monoisotopic (exact) mass is 372 g/mol. The Hall–Kier alpha value is -1.06. The summed E-state index contributed by atoms with van der Waals surface area (Å²) < 4.78 is 4.83. The van der Waals surface area contributed by atoms with Crippen LogP contribution in [0, 0.1) is 11.3 Å². The summed E-state index contributed by atoms with van der Waals surface area (Å²) in [7, 11) is 0. The second kappa shape index (κ2) is 17.4. The molecule has 0 aromatic heterocycles. The lowest BCUT2D eigenvalue weighted by molar-refractivity contribution is -0.141. The summed E-state index contributed by atoms with van der Waals surface area (Å²) in [4.78, 5) is 20.6. The van der Waals surface area contributed by atoms with Crippen LogP contribution in [0.5, 0.6) is 0 Å². The van der Waals surface area contributed by atoms with E-state index in [0.29, 0.717) is 18.4 Å². The molecule has 0 aromatic rings. The molecule has 0 atom stereocenters. The fourth-order valence-electron chi connectivity index (χ4n) is 2.51. The highest BCUT2D eigenvalue weighted by Crippen LogP contribution is 2.22. The summed E-state index contributed by atoms with van der Waals surface area (Å²) in [5.74, 6) is -0.0218. The molecule has 0 radical (unpaired) electrons. The molecule has 1 N–H and O–H groups in total. The summed E-state index contributed by atoms with van der Waals surface area (Å²) in [5, 5.41) is 8.40. The molecular weight excluding hydrogens is 328 g/mol. The zero-order chi connectivity index (χ0) is 20.4. The molecule has 26 heavy (non-hydrogen) atoms. The van der Waals surface area contributed by atoms with Gasteiger partial charge < -0.3 is 9.84 Å². The molecule has 0 amide bonds. The van der Waals surface area contributed by atoms with Gasteiger partial charge in [-0.05, 0) is 30.6 Å². The van der Waals surface area contributed by atoms with Gasteiger partial charge in [-0.2, -0.15) is 0 Å². The van der Waals surface area contributed by atoms with E-state index in [0.717, 1.165) is 25.2 Å². The molecule has 4 nitrogen and oxygen atoms in total. The molecule has 0 aliphatic heterocycles. The van der Waals surface area contributed by atoms with Crippen molar-refractivity contribution in [3.05, 3.63) is 0 Å². The highest BCUT2D eigenvalue weighted by Gasteiger charge is 2.08. The van der Waals surface area contributed by atoms with Crippen LogP contribution in [0.25, 0.3) is 0 Å². The van der Waals surface area contributed by atoms with Gasteiger partial charge in [0.15, 0.2) is 0 Å². The SMILES string of the molecule is CC(=O)OCCCCCCC(C)C.CC(C)(C)CCCCCCC(=O)O. The molecule has 0 aliphatic rings. The van der Waals surface area contributed by atoms with Crippen molar-refractivity contribution in [2.75, 3.05) is 6.61 Å². The van der Waals surface area contributed by atoms with Crippen molar-refractivity contribution in [2.24, 2.45) is 11.3 Å². The second-order valence-corrected chi connectivity index (χ2v) is 8.81. The number of aliphatic carboxylic acids is 1. The van der Waals surface area contributed by atoms with Gasteiger partial charge in [-0.15, -0.1) is 0 Å². The molecule has 0 heterocycles. The number of carboxylic acids is 1. The first-order valence-electron chi connectivity index (χ1n) is 10.4. The van der Waals surface area contributed by atoms with Crippen LogP contribution in [-0.4, -0.2) is 23.7 Å². The molecule has 4 heteroatoms. The fraction of sp³-hybridized carbons (Fsp3) is 0.909. The third-order valence-corrected chi connectivity index (χ3v) is 4.05. The highest BCUT2D eigenvalue weighted by atomic mass is 16.5. The highest BCUT2D eigenvalue weighted by molar-refractivity contribution is 5.66. The van der Waals surface area contributed by atoms with Gasteiger partial charge in [0, 0.05) is 13.3 Å². The molecule has 156 valence electrons. The first kappa shape index (κ1) is 27.2. The second-order valence-electron chi connectivity index (χ2n) is 8.81. The lowest BCUT2D eigenvalue weighted by Gasteiger charge is -2.17. The minimum Gasteiger partial charge on any atom is -0.481 e. The smallest absolute Gasteiger partial charge is 0.303 e. The van der Waals surface area contributed by atoms with Crippen LogP contribution in [0.3, 0.4) is 0 Å². The summed E-state index contributed by atoms with van der Waals surface area (Å²) in [5.41, 5.74) is 0.423. The number of carbonyl (C=O) groups is 2. The molecule has 0 saturated carbocycles. The lowest BCUT2D eigenvalue weighted by atomic mass is 9.89. The maximum Gasteiger partial charge on any atom is 0.303 e. The zero-order valence-corrected chi connectivity index (χ0v) is 18.2. The number of esters is 1. The molecule has 0 aliphatic carbocycles. The van der Waals surface area contributed by atoms with Gasteiger partial charge in [0.05, 0.1) is 6.61 Å². The first-order chi connectivity index (χ1) is 12.0. The van der Waals surface area contributed by atoms with E-state index >= 15 is 0 Å². The minimum absolute atomic E-state index is 0.165. The van der Waals surface area contributed by atoms with Crippen molar-refractivity contribution < 1.29 is 19.4 Å². The number of carboxylic acid groups (broad SMARTS) is 1. The lowest BCUT2D eigenvalue weighted by Crippen LogP contribution is -2.04. The Morgan fingerprint density at radius 3 is 1.92 bits per heavy atom. The van der Waals surface area contributed by atoms with Gasteiger partial charge >= 0.3 is 11.9 Å². The standard InChI is InChI=1S/2C11H22O2/c1-11(2,3)9-7-5-4-6-8-10(12)13;1-10(2)8-6-4-5-7-9-13-11(3)12/h4-9H2,1-3H3,(H,12,13);10H,4-9H2,1-3H3. The molecule has 0 rings (SSSR count). The van der Waals surface area contributed by atoms with Gasteiger partial charge in [0.2, 0.25) is 0 Å². The van der Waals surface area contributed by atoms with Crippen LogP contribution in [-0.2, 0) is 14.3 Å². The number of carbonyl (C=O) groups excluding carboxylic acids is 1.